The van der Waals surface area contributed by atoms with Crippen molar-refractivity contribution in [2.45, 2.75) is 44.2 Å². The predicted molar refractivity (Wildman–Crippen MR) is 69.7 cm³/mol. The first kappa shape index (κ1) is 12.1. The highest BCUT2D eigenvalue weighted by Gasteiger charge is 2.26. The molecule has 1 fully saturated rings. The number of anilines is 1. The van der Waals surface area contributed by atoms with Crippen LogP contribution in [-0.4, -0.2) is 29.6 Å². The summed E-state index contributed by atoms with van der Waals surface area (Å²) in [5.41, 5.74) is 7.03. The number of nitrogens with one attached hydrogen (secondary N) is 1. The van der Waals surface area contributed by atoms with Gasteiger partial charge in [0.25, 0.3) is 5.91 Å². The molecule has 1 unspecified atom stereocenters. The van der Waals surface area contributed by atoms with Crippen LogP contribution in [0.15, 0.2) is 0 Å². The van der Waals surface area contributed by atoms with Gasteiger partial charge < -0.3 is 10.5 Å². The Morgan fingerprint density at radius 1 is 1.50 bits per heavy atom. The molecular formula is C12H17N3O2S. The number of thiazole rings is 1. The van der Waals surface area contributed by atoms with Gasteiger partial charge in [0.15, 0.2) is 5.13 Å². The molecule has 98 valence electrons. The van der Waals surface area contributed by atoms with Crippen LogP contribution in [0.1, 0.15) is 29.8 Å². The number of aryl methyl sites for hydroxylation is 1. The van der Waals surface area contributed by atoms with Crippen LogP contribution in [-0.2, 0) is 22.4 Å². The zero-order chi connectivity index (χ0) is 12.5. The molecule has 6 heteroatoms. The van der Waals surface area contributed by atoms with Gasteiger partial charge in [0.05, 0.1) is 5.69 Å². The number of ether oxygens (including phenoxy) is 1. The second kappa shape index (κ2) is 4.95. The minimum absolute atomic E-state index is 0.0668. The Morgan fingerprint density at radius 3 is 3.17 bits per heavy atom. The Hall–Kier alpha value is -0.980. The number of hydrogen-bond acceptors (Lipinski definition) is 5. The molecule has 2 heterocycles. The smallest absolute Gasteiger partial charge is 0.255 e. The van der Waals surface area contributed by atoms with Crippen LogP contribution in [0.3, 0.4) is 0 Å². The van der Waals surface area contributed by atoms with Gasteiger partial charge in [-0.15, -0.1) is 11.3 Å². The molecule has 3 rings (SSSR count). The van der Waals surface area contributed by atoms with Gasteiger partial charge in [0.1, 0.15) is 6.10 Å². The molecule has 1 aromatic rings. The number of rotatable bonds is 2. The number of fused-ring (bicyclic) bond motifs is 1. The SMILES string of the molecule is N[C@H]1CCc2nc(NC(=O)C3CCCO3)sc2C1. The lowest BCUT2D eigenvalue weighted by Crippen LogP contribution is -2.27. The van der Waals surface area contributed by atoms with Gasteiger partial charge in [0.2, 0.25) is 0 Å². The summed E-state index contributed by atoms with van der Waals surface area (Å²) in [4.78, 5) is 17.6. The van der Waals surface area contributed by atoms with Gasteiger partial charge in [-0.3, -0.25) is 10.1 Å². The molecule has 1 saturated heterocycles. The number of hydrogen-bond donors (Lipinski definition) is 2. The second-order valence-corrected chi connectivity index (χ2v) is 5.97. The molecule has 2 aliphatic rings. The van der Waals surface area contributed by atoms with E-state index in [0.29, 0.717) is 11.7 Å². The Labute approximate surface area is 110 Å². The molecule has 0 spiro atoms. The van der Waals surface area contributed by atoms with Crippen molar-refractivity contribution in [2.24, 2.45) is 5.73 Å². The van der Waals surface area contributed by atoms with Gasteiger partial charge in [-0.05, 0) is 32.1 Å². The lowest BCUT2D eigenvalue weighted by atomic mass is 9.99. The summed E-state index contributed by atoms with van der Waals surface area (Å²) >= 11 is 1.55. The molecule has 1 aliphatic carbocycles. The maximum atomic E-state index is 11.9. The van der Waals surface area contributed by atoms with Gasteiger partial charge in [-0.2, -0.15) is 0 Å². The van der Waals surface area contributed by atoms with Gasteiger partial charge in [0, 0.05) is 17.5 Å². The normalized spacial score (nSPS) is 26.9. The van der Waals surface area contributed by atoms with Gasteiger partial charge in [-0.25, -0.2) is 4.98 Å². The second-order valence-electron chi connectivity index (χ2n) is 4.88. The number of nitrogens with zero attached hydrogens (tertiary/aromatic N) is 1. The van der Waals surface area contributed by atoms with Crippen LogP contribution >= 0.6 is 11.3 Å². The largest absolute Gasteiger partial charge is 0.368 e. The van der Waals surface area contributed by atoms with Crippen LogP contribution in [0.5, 0.6) is 0 Å². The molecular weight excluding hydrogens is 250 g/mol. The lowest BCUT2D eigenvalue weighted by Gasteiger charge is -2.15. The fourth-order valence-corrected chi connectivity index (χ4v) is 3.53. The number of amides is 1. The maximum absolute atomic E-state index is 11.9. The molecule has 0 radical (unpaired) electrons. The van der Waals surface area contributed by atoms with Crippen molar-refractivity contribution >= 4 is 22.4 Å². The van der Waals surface area contributed by atoms with E-state index in [1.807, 2.05) is 0 Å². The Morgan fingerprint density at radius 2 is 2.39 bits per heavy atom. The standard InChI is InChI=1S/C12H17N3O2S/c13-7-3-4-8-10(6-7)18-12(14-8)15-11(16)9-2-1-5-17-9/h7,9H,1-6,13H2,(H,14,15,16)/t7-,9?/m0/s1. The van der Waals surface area contributed by atoms with Crippen LogP contribution in [0.2, 0.25) is 0 Å². The van der Waals surface area contributed by atoms with Crippen LogP contribution in [0.25, 0.3) is 0 Å². The Balaban J connectivity index is 1.68. The number of carbonyl (C=O) groups is 1. The lowest BCUT2D eigenvalue weighted by molar-refractivity contribution is -0.124. The van der Waals surface area contributed by atoms with Gasteiger partial charge in [-0.1, -0.05) is 0 Å². The first-order valence-corrected chi connectivity index (χ1v) is 7.20. The van der Waals surface area contributed by atoms with E-state index in [4.69, 9.17) is 10.5 Å². The molecule has 0 bridgehead atoms. The van der Waals surface area contributed by atoms with Crippen molar-refractivity contribution in [1.29, 1.82) is 0 Å². The highest BCUT2D eigenvalue weighted by molar-refractivity contribution is 7.15. The first-order chi connectivity index (χ1) is 8.72. The fourth-order valence-electron chi connectivity index (χ4n) is 2.42. The van der Waals surface area contributed by atoms with Crippen LogP contribution < -0.4 is 11.1 Å². The van der Waals surface area contributed by atoms with Gasteiger partial charge >= 0.3 is 0 Å². The third-order valence-electron chi connectivity index (χ3n) is 3.43. The topological polar surface area (TPSA) is 77.2 Å². The summed E-state index contributed by atoms with van der Waals surface area (Å²) in [7, 11) is 0. The van der Waals surface area contributed by atoms with Crippen molar-refractivity contribution in [3.8, 4) is 0 Å². The van der Waals surface area contributed by atoms with Crippen molar-refractivity contribution in [3.63, 3.8) is 0 Å². The monoisotopic (exact) mass is 267 g/mol. The van der Waals surface area contributed by atoms with E-state index in [2.05, 4.69) is 10.3 Å². The predicted octanol–water partition coefficient (Wildman–Crippen LogP) is 1.08. The molecule has 18 heavy (non-hydrogen) atoms. The highest BCUT2D eigenvalue weighted by Crippen LogP contribution is 2.29. The number of carbonyl (C=O) groups excluding carboxylic acids is 1. The highest BCUT2D eigenvalue weighted by atomic mass is 32.1. The van der Waals surface area contributed by atoms with E-state index in [0.717, 1.165) is 37.8 Å². The van der Waals surface area contributed by atoms with E-state index in [1.54, 1.807) is 11.3 Å². The fraction of sp³-hybridized carbons (Fsp3) is 0.667. The van der Waals surface area contributed by atoms with Crippen LogP contribution in [0, 0.1) is 0 Å². The first-order valence-electron chi connectivity index (χ1n) is 6.39. The molecule has 1 amide bonds. The molecule has 1 aliphatic heterocycles. The van der Waals surface area contributed by atoms with Crippen molar-refractivity contribution in [3.05, 3.63) is 10.6 Å². The summed E-state index contributed by atoms with van der Waals surface area (Å²) < 4.78 is 5.35. The molecule has 5 nitrogen and oxygen atoms in total. The summed E-state index contributed by atoms with van der Waals surface area (Å²) in [5.74, 6) is -0.0668. The van der Waals surface area contributed by atoms with Crippen molar-refractivity contribution in [1.82, 2.24) is 4.98 Å². The Kier molecular flexibility index (Phi) is 3.32. The zero-order valence-corrected chi connectivity index (χ0v) is 11.0. The van der Waals surface area contributed by atoms with Crippen LogP contribution in [0.4, 0.5) is 5.13 Å². The molecule has 3 N–H and O–H groups in total. The summed E-state index contributed by atoms with van der Waals surface area (Å²) in [6, 6.07) is 0.236. The third kappa shape index (κ3) is 2.41. The van der Waals surface area contributed by atoms with E-state index in [1.165, 1.54) is 4.88 Å². The third-order valence-corrected chi connectivity index (χ3v) is 4.47. The average Bonchev–Trinajstić information content (AvgIpc) is 2.95. The molecule has 0 aromatic carbocycles. The van der Waals surface area contributed by atoms with E-state index in [-0.39, 0.29) is 18.1 Å². The summed E-state index contributed by atoms with van der Waals surface area (Å²) in [6.07, 6.45) is 4.25. The quantitative estimate of drug-likeness (QED) is 0.840. The number of aromatic nitrogens is 1. The van der Waals surface area contributed by atoms with E-state index >= 15 is 0 Å². The molecule has 1 aromatic heterocycles. The molecule has 2 atom stereocenters. The van der Waals surface area contributed by atoms with E-state index in [9.17, 15) is 4.79 Å². The zero-order valence-electron chi connectivity index (χ0n) is 10.1. The van der Waals surface area contributed by atoms with Crippen molar-refractivity contribution in [2.75, 3.05) is 11.9 Å². The summed E-state index contributed by atoms with van der Waals surface area (Å²) in [5, 5.41) is 3.55. The van der Waals surface area contributed by atoms with E-state index < -0.39 is 0 Å². The average molecular weight is 267 g/mol. The minimum Gasteiger partial charge on any atom is -0.368 e. The number of nitrogens with two attached hydrogens (primary N) is 1. The minimum atomic E-state index is -0.298. The molecule has 0 saturated carbocycles. The maximum Gasteiger partial charge on any atom is 0.255 e. The summed E-state index contributed by atoms with van der Waals surface area (Å²) in [6.45, 7) is 0.682. The van der Waals surface area contributed by atoms with Crippen molar-refractivity contribution < 1.29 is 9.53 Å². The Bertz CT molecular complexity index is 454.